The molecule has 0 aliphatic heterocycles. The lowest BCUT2D eigenvalue weighted by Gasteiger charge is -2.17. The van der Waals surface area contributed by atoms with Crippen molar-refractivity contribution in [3.8, 4) is 5.75 Å². The van der Waals surface area contributed by atoms with E-state index in [1.165, 1.54) is 30.3 Å². The maximum Gasteiger partial charge on any atom is 0.573 e. The van der Waals surface area contributed by atoms with Gasteiger partial charge in [-0.3, -0.25) is 0 Å². The van der Waals surface area contributed by atoms with Gasteiger partial charge in [0.25, 0.3) is 0 Å². The molecule has 2 aromatic rings. The van der Waals surface area contributed by atoms with Crippen LogP contribution >= 0.6 is 0 Å². The van der Waals surface area contributed by atoms with Crippen molar-refractivity contribution in [3.63, 3.8) is 0 Å². The zero-order valence-electron chi connectivity index (χ0n) is 11.1. The van der Waals surface area contributed by atoms with E-state index in [0.717, 1.165) is 5.56 Å². The first-order chi connectivity index (χ1) is 9.83. The van der Waals surface area contributed by atoms with Gasteiger partial charge in [-0.2, -0.15) is 0 Å². The van der Waals surface area contributed by atoms with Crippen molar-refractivity contribution in [3.05, 3.63) is 59.9 Å². The normalized spacial score (nSPS) is 12.8. The predicted octanol–water partition coefficient (Wildman–Crippen LogP) is 4.90. The number of nitrogens with one attached hydrogen (secondary N) is 1. The molecular formula is C15H13F4NO. The molecule has 21 heavy (non-hydrogen) atoms. The summed E-state index contributed by atoms with van der Waals surface area (Å²) in [6, 6.07) is 11.3. The van der Waals surface area contributed by atoms with E-state index < -0.39 is 6.36 Å². The second-order valence-electron chi connectivity index (χ2n) is 4.49. The monoisotopic (exact) mass is 299 g/mol. The summed E-state index contributed by atoms with van der Waals surface area (Å²) in [7, 11) is 0. The zero-order chi connectivity index (χ0) is 15.5. The van der Waals surface area contributed by atoms with Crippen LogP contribution in [0.4, 0.5) is 23.2 Å². The molecule has 0 amide bonds. The molecule has 0 saturated carbocycles. The highest BCUT2D eigenvalue weighted by Crippen LogP contribution is 2.27. The molecule has 6 heteroatoms. The van der Waals surface area contributed by atoms with Crippen LogP contribution in [0.15, 0.2) is 48.5 Å². The average Bonchev–Trinajstić information content (AvgIpc) is 2.37. The maximum absolute atomic E-state index is 12.8. The summed E-state index contributed by atoms with van der Waals surface area (Å²) in [5.74, 6) is -0.634. The molecule has 0 aromatic heterocycles. The Balaban J connectivity index is 2.08. The molecule has 1 atom stereocenters. The lowest BCUT2D eigenvalue weighted by molar-refractivity contribution is -0.274. The molecule has 0 heterocycles. The molecule has 0 aliphatic rings. The molecule has 0 spiro atoms. The van der Waals surface area contributed by atoms with Crippen LogP contribution in [0.25, 0.3) is 0 Å². The molecule has 1 unspecified atom stereocenters. The Morgan fingerprint density at radius 2 is 1.71 bits per heavy atom. The third-order valence-corrected chi connectivity index (χ3v) is 2.82. The van der Waals surface area contributed by atoms with Crippen molar-refractivity contribution in [1.29, 1.82) is 0 Å². The first-order valence-electron chi connectivity index (χ1n) is 6.21. The van der Waals surface area contributed by atoms with Gasteiger partial charge in [0.1, 0.15) is 11.6 Å². The highest BCUT2D eigenvalue weighted by molar-refractivity contribution is 5.49. The molecule has 0 radical (unpaired) electrons. The molecule has 0 aliphatic carbocycles. The SMILES string of the molecule is CC(Nc1cccc(OC(F)(F)F)c1)c1ccc(F)cc1. The Kier molecular flexibility index (Phi) is 4.35. The van der Waals surface area contributed by atoms with Crippen molar-refractivity contribution in [1.82, 2.24) is 0 Å². The van der Waals surface area contributed by atoms with E-state index in [4.69, 9.17) is 0 Å². The van der Waals surface area contributed by atoms with E-state index in [1.54, 1.807) is 18.2 Å². The van der Waals surface area contributed by atoms with E-state index in [1.807, 2.05) is 6.92 Å². The van der Waals surface area contributed by atoms with Crippen molar-refractivity contribution in [2.75, 3.05) is 5.32 Å². The summed E-state index contributed by atoms with van der Waals surface area (Å²) >= 11 is 0. The smallest absolute Gasteiger partial charge is 0.406 e. The number of anilines is 1. The van der Waals surface area contributed by atoms with Gasteiger partial charge in [0.15, 0.2) is 0 Å². The summed E-state index contributed by atoms with van der Waals surface area (Å²) in [5, 5.41) is 3.03. The number of ether oxygens (including phenoxy) is 1. The molecular weight excluding hydrogens is 286 g/mol. The maximum atomic E-state index is 12.8. The minimum Gasteiger partial charge on any atom is -0.406 e. The Morgan fingerprint density at radius 3 is 2.33 bits per heavy atom. The Morgan fingerprint density at radius 1 is 1.05 bits per heavy atom. The first kappa shape index (κ1) is 15.2. The van der Waals surface area contributed by atoms with E-state index in [-0.39, 0.29) is 17.6 Å². The molecule has 0 bridgehead atoms. The molecule has 2 nitrogen and oxygen atoms in total. The summed E-state index contributed by atoms with van der Waals surface area (Å²) in [6.07, 6.45) is -4.72. The number of rotatable bonds is 4. The molecule has 2 rings (SSSR count). The van der Waals surface area contributed by atoms with Crippen LogP contribution in [0.2, 0.25) is 0 Å². The highest BCUT2D eigenvalue weighted by atomic mass is 19.4. The van der Waals surface area contributed by atoms with Gasteiger partial charge in [0, 0.05) is 17.8 Å². The summed E-state index contributed by atoms with van der Waals surface area (Å²) < 4.78 is 53.2. The van der Waals surface area contributed by atoms with Gasteiger partial charge in [0.2, 0.25) is 0 Å². The summed E-state index contributed by atoms with van der Waals surface area (Å²) in [5.41, 5.74) is 1.30. The zero-order valence-corrected chi connectivity index (χ0v) is 11.1. The standard InChI is InChI=1S/C15H13F4NO/c1-10(11-5-7-12(16)8-6-11)20-13-3-2-4-14(9-13)21-15(17,18)19/h2-10,20H,1H3. The van der Waals surface area contributed by atoms with Crippen molar-refractivity contribution < 1.29 is 22.3 Å². The Labute approximate surface area is 119 Å². The van der Waals surface area contributed by atoms with Gasteiger partial charge in [-0.05, 0) is 36.8 Å². The minimum absolute atomic E-state index is 0.188. The third kappa shape index (κ3) is 4.66. The molecule has 112 valence electrons. The summed E-state index contributed by atoms with van der Waals surface area (Å²) in [4.78, 5) is 0. The van der Waals surface area contributed by atoms with Gasteiger partial charge in [-0.25, -0.2) is 4.39 Å². The van der Waals surface area contributed by atoms with Crippen LogP contribution < -0.4 is 10.1 Å². The van der Waals surface area contributed by atoms with Gasteiger partial charge < -0.3 is 10.1 Å². The van der Waals surface area contributed by atoms with Gasteiger partial charge in [-0.1, -0.05) is 18.2 Å². The van der Waals surface area contributed by atoms with E-state index in [2.05, 4.69) is 10.1 Å². The minimum atomic E-state index is -4.72. The molecule has 0 fully saturated rings. The number of hydrogen-bond donors (Lipinski definition) is 1. The quantitative estimate of drug-likeness (QED) is 0.811. The lowest BCUT2D eigenvalue weighted by atomic mass is 10.1. The molecule has 1 N–H and O–H groups in total. The van der Waals surface area contributed by atoms with Crippen molar-refractivity contribution in [2.45, 2.75) is 19.3 Å². The second-order valence-corrected chi connectivity index (χ2v) is 4.49. The van der Waals surface area contributed by atoms with E-state index in [0.29, 0.717) is 5.69 Å². The number of hydrogen-bond acceptors (Lipinski definition) is 2. The second kappa shape index (κ2) is 6.03. The Hall–Kier alpha value is -2.24. The van der Waals surface area contributed by atoms with E-state index >= 15 is 0 Å². The van der Waals surface area contributed by atoms with Crippen molar-refractivity contribution >= 4 is 5.69 Å². The van der Waals surface area contributed by atoms with Gasteiger partial charge in [-0.15, -0.1) is 13.2 Å². The third-order valence-electron chi connectivity index (χ3n) is 2.82. The van der Waals surface area contributed by atoms with Gasteiger partial charge in [0.05, 0.1) is 0 Å². The lowest BCUT2D eigenvalue weighted by Crippen LogP contribution is -2.17. The fourth-order valence-corrected chi connectivity index (χ4v) is 1.87. The van der Waals surface area contributed by atoms with Crippen LogP contribution in [-0.2, 0) is 0 Å². The number of alkyl halides is 3. The molecule has 2 aromatic carbocycles. The van der Waals surface area contributed by atoms with Crippen LogP contribution in [0, 0.1) is 5.82 Å². The van der Waals surface area contributed by atoms with Crippen molar-refractivity contribution in [2.24, 2.45) is 0 Å². The Bertz CT molecular complexity index is 595. The number of benzene rings is 2. The number of halogens is 4. The fraction of sp³-hybridized carbons (Fsp3) is 0.200. The largest absolute Gasteiger partial charge is 0.573 e. The van der Waals surface area contributed by atoms with Gasteiger partial charge >= 0.3 is 6.36 Å². The van der Waals surface area contributed by atoms with E-state index in [9.17, 15) is 17.6 Å². The highest BCUT2D eigenvalue weighted by Gasteiger charge is 2.31. The average molecular weight is 299 g/mol. The predicted molar refractivity (Wildman–Crippen MR) is 71.6 cm³/mol. The fourth-order valence-electron chi connectivity index (χ4n) is 1.87. The van der Waals surface area contributed by atoms with Crippen LogP contribution in [0.5, 0.6) is 5.75 Å². The topological polar surface area (TPSA) is 21.3 Å². The summed E-state index contributed by atoms with van der Waals surface area (Å²) in [6.45, 7) is 1.82. The first-order valence-corrected chi connectivity index (χ1v) is 6.21. The van der Waals surface area contributed by atoms with Crippen LogP contribution in [0.3, 0.4) is 0 Å². The van der Waals surface area contributed by atoms with Crippen LogP contribution in [0.1, 0.15) is 18.5 Å². The van der Waals surface area contributed by atoms with Crippen LogP contribution in [-0.4, -0.2) is 6.36 Å². The molecule has 0 saturated heterocycles.